The molecular weight excluding hydrogens is 336 g/mol. The molecule has 0 radical (unpaired) electrons. The zero-order valence-corrected chi connectivity index (χ0v) is 12.6. The lowest BCUT2D eigenvalue weighted by Crippen LogP contribution is -2.01. The van der Waals surface area contributed by atoms with Crippen molar-refractivity contribution in [2.75, 3.05) is 0 Å². The van der Waals surface area contributed by atoms with Crippen molar-refractivity contribution in [2.45, 2.75) is 0 Å². The Morgan fingerprint density at radius 1 is 1.24 bits per heavy atom. The summed E-state index contributed by atoms with van der Waals surface area (Å²) in [6.45, 7) is 0. The van der Waals surface area contributed by atoms with Crippen molar-refractivity contribution in [1.29, 1.82) is 0 Å². The van der Waals surface area contributed by atoms with E-state index in [2.05, 4.69) is 4.98 Å². The summed E-state index contributed by atoms with van der Waals surface area (Å²) in [6, 6.07) is 7.22. The molecule has 0 unspecified atom stereocenters. The monoisotopic (exact) mass is 341 g/mol. The third kappa shape index (κ3) is 2.48. The molecule has 3 aromatic rings. The van der Waals surface area contributed by atoms with E-state index >= 15 is 0 Å². The minimum absolute atomic E-state index is 0.0677. The number of pyridine rings is 1. The summed E-state index contributed by atoms with van der Waals surface area (Å²) in [5, 5.41) is 9.58. The number of carboxylic acid groups (broad SMARTS) is 1. The molecule has 3 nitrogen and oxygen atoms in total. The molecule has 2 aromatic heterocycles. The first-order valence-corrected chi connectivity index (χ1v) is 7.32. The molecule has 2 heterocycles. The average molecular weight is 342 g/mol. The summed E-state index contributed by atoms with van der Waals surface area (Å²) in [6.07, 6.45) is 0. The second-order valence-electron chi connectivity index (χ2n) is 4.22. The molecule has 1 N–H and O–H groups in total. The number of carboxylic acids is 1. The molecule has 21 heavy (non-hydrogen) atoms. The van der Waals surface area contributed by atoms with E-state index in [0.29, 0.717) is 14.9 Å². The van der Waals surface area contributed by atoms with Gasteiger partial charge in [-0.15, -0.1) is 11.3 Å². The third-order valence-corrected chi connectivity index (χ3v) is 4.49. The first-order chi connectivity index (χ1) is 9.97. The van der Waals surface area contributed by atoms with Crippen molar-refractivity contribution in [1.82, 2.24) is 4.98 Å². The Morgan fingerprint density at radius 3 is 2.62 bits per heavy atom. The van der Waals surface area contributed by atoms with E-state index in [1.54, 1.807) is 12.1 Å². The zero-order chi connectivity index (χ0) is 15.1. The molecule has 1 aromatic carbocycles. The van der Waals surface area contributed by atoms with Crippen molar-refractivity contribution >= 4 is 51.4 Å². The van der Waals surface area contributed by atoms with Crippen LogP contribution in [0.15, 0.2) is 30.3 Å². The van der Waals surface area contributed by atoms with Gasteiger partial charge >= 0.3 is 5.97 Å². The molecule has 0 aliphatic carbocycles. The van der Waals surface area contributed by atoms with Crippen LogP contribution in [0.4, 0.5) is 4.39 Å². The van der Waals surface area contributed by atoms with Crippen molar-refractivity contribution in [3.8, 4) is 10.6 Å². The number of fused-ring (bicyclic) bond motifs is 1. The number of aromatic nitrogens is 1. The van der Waals surface area contributed by atoms with E-state index in [1.165, 1.54) is 23.5 Å². The van der Waals surface area contributed by atoms with E-state index < -0.39 is 11.8 Å². The first-order valence-electron chi connectivity index (χ1n) is 5.75. The first kappa shape index (κ1) is 14.3. The summed E-state index contributed by atoms with van der Waals surface area (Å²) in [5.74, 6) is -1.82. The van der Waals surface area contributed by atoms with Gasteiger partial charge in [0.15, 0.2) is 0 Å². The van der Waals surface area contributed by atoms with Gasteiger partial charge in [0.05, 0.1) is 25.5 Å². The Morgan fingerprint density at radius 2 is 2.00 bits per heavy atom. The molecule has 106 valence electrons. The van der Waals surface area contributed by atoms with Gasteiger partial charge in [-0.1, -0.05) is 23.2 Å². The molecule has 0 atom stereocenters. The molecule has 0 saturated heterocycles. The van der Waals surface area contributed by atoms with Crippen LogP contribution in [0.2, 0.25) is 9.36 Å². The Kier molecular flexibility index (Phi) is 3.57. The van der Waals surface area contributed by atoms with Crippen LogP contribution in [0.3, 0.4) is 0 Å². The number of halogens is 3. The van der Waals surface area contributed by atoms with Gasteiger partial charge in [-0.25, -0.2) is 14.2 Å². The van der Waals surface area contributed by atoms with E-state index in [9.17, 15) is 14.3 Å². The van der Waals surface area contributed by atoms with Gasteiger partial charge in [0.2, 0.25) is 0 Å². The third-order valence-electron chi connectivity index (χ3n) is 2.92. The minimum atomic E-state index is -1.20. The fraction of sp³-hybridized carbons (Fsp3) is 0. The summed E-state index contributed by atoms with van der Waals surface area (Å²) >= 11 is 13.1. The van der Waals surface area contributed by atoms with Crippen LogP contribution in [0.5, 0.6) is 0 Å². The lowest BCUT2D eigenvalue weighted by molar-refractivity contribution is 0.0699. The Balaban J connectivity index is 2.40. The number of nitrogens with zero attached hydrogens (tertiary/aromatic N) is 1. The van der Waals surface area contributed by atoms with Crippen molar-refractivity contribution in [2.24, 2.45) is 0 Å². The Hall–Kier alpha value is -1.69. The number of rotatable bonds is 2. The van der Waals surface area contributed by atoms with Crippen LogP contribution in [-0.4, -0.2) is 16.1 Å². The van der Waals surface area contributed by atoms with Crippen molar-refractivity contribution in [3.05, 3.63) is 51.1 Å². The summed E-state index contributed by atoms with van der Waals surface area (Å²) < 4.78 is 14.5. The maximum Gasteiger partial charge on any atom is 0.336 e. The average Bonchev–Trinajstić information content (AvgIpc) is 2.88. The second kappa shape index (κ2) is 5.26. The normalized spacial score (nSPS) is 11.0. The van der Waals surface area contributed by atoms with E-state index in [-0.39, 0.29) is 21.5 Å². The lowest BCUT2D eigenvalue weighted by atomic mass is 10.1. The fourth-order valence-corrected chi connectivity index (χ4v) is 3.27. The minimum Gasteiger partial charge on any atom is -0.478 e. The van der Waals surface area contributed by atoms with Crippen LogP contribution in [0, 0.1) is 5.82 Å². The van der Waals surface area contributed by atoms with Crippen LogP contribution >= 0.6 is 34.5 Å². The number of benzene rings is 1. The molecule has 0 aliphatic rings. The van der Waals surface area contributed by atoms with E-state index in [4.69, 9.17) is 23.2 Å². The van der Waals surface area contributed by atoms with Crippen LogP contribution in [-0.2, 0) is 0 Å². The Bertz CT molecular complexity index is 879. The highest BCUT2D eigenvalue weighted by molar-refractivity contribution is 7.19. The van der Waals surface area contributed by atoms with Crippen LogP contribution < -0.4 is 0 Å². The maximum absolute atomic E-state index is 14.0. The highest BCUT2D eigenvalue weighted by Crippen LogP contribution is 2.35. The largest absolute Gasteiger partial charge is 0.478 e. The van der Waals surface area contributed by atoms with Crippen molar-refractivity contribution in [3.63, 3.8) is 0 Å². The van der Waals surface area contributed by atoms with Gasteiger partial charge in [-0.3, -0.25) is 0 Å². The predicted octanol–water partition coefficient (Wildman–Crippen LogP) is 5.11. The molecule has 0 amide bonds. The standard InChI is InChI=1S/C14H6Cl2FNO2S/c15-7-1-2-8(17)13-12(7)6(14(19)20)5-9(18-13)10-3-4-11(16)21-10/h1-5H,(H,19,20). The van der Waals surface area contributed by atoms with Gasteiger partial charge in [-0.05, 0) is 30.3 Å². The molecule has 0 bridgehead atoms. The van der Waals surface area contributed by atoms with Crippen LogP contribution in [0.25, 0.3) is 21.5 Å². The molecule has 7 heteroatoms. The number of hydrogen-bond donors (Lipinski definition) is 1. The van der Waals surface area contributed by atoms with E-state index in [1.807, 2.05) is 0 Å². The lowest BCUT2D eigenvalue weighted by Gasteiger charge is -2.08. The molecule has 0 saturated carbocycles. The quantitative estimate of drug-likeness (QED) is 0.704. The van der Waals surface area contributed by atoms with Gasteiger partial charge in [0.25, 0.3) is 0 Å². The number of aromatic carboxylic acids is 1. The smallest absolute Gasteiger partial charge is 0.336 e. The number of thiophene rings is 1. The summed E-state index contributed by atoms with van der Waals surface area (Å²) in [4.78, 5) is 16.3. The maximum atomic E-state index is 14.0. The molecular formula is C14H6Cl2FNO2S. The van der Waals surface area contributed by atoms with Gasteiger partial charge in [0, 0.05) is 5.39 Å². The van der Waals surface area contributed by atoms with Crippen LogP contribution in [0.1, 0.15) is 10.4 Å². The van der Waals surface area contributed by atoms with Gasteiger partial charge in [0.1, 0.15) is 11.3 Å². The molecule has 3 rings (SSSR count). The summed E-state index contributed by atoms with van der Waals surface area (Å²) in [7, 11) is 0. The predicted molar refractivity (Wildman–Crippen MR) is 82.0 cm³/mol. The molecule has 0 aliphatic heterocycles. The fourth-order valence-electron chi connectivity index (χ4n) is 2.02. The summed E-state index contributed by atoms with van der Waals surface area (Å²) in [5.41, 5.74) is 0.184. The van der Waals surface area contributed by atoms with Gasteiger partial charge < -0.3 is 5.11 Å². The number of hydrogen-bond acceptors (Lipinski definition) is 3. The van der Waals surface area contributed by atoms with E-state index in [0.717, 1.165) is 6.07 Å². The van der Waals surface area contributed by atoms with Gasteiger partial charge in [-0.2, -0.15) is 0 Å². The zero-order valence-electron chi connectivity index (χ0n) is 10.2. The highest BCUT2D eigenvalue weighted by atomic mass is 35.5. The molecule has 0 spiro atoms. The second-order valence-corrected chi connectivity index (χ2v) is 6.34. The highest BCUT2D eigenvalue weighted by Gasteiger charge is 2.18. The van der Waals surface area contributed by atoms with Crippen molar-refractivity contribution < 1.29 is 14.3 Å². The Labute approximate surface area is 132 Å². The topological polar surface area (TPSA) is 50.2 Å². The molecule has 0 fully saturated rings. The SMILES string of the molecule is O=C(O)c1cc(-c2ccc(Cl)s2)nc2c(F)ccc(Cl)c12. The number of carbonyl (C=O) groups is 1.